The van der Waals surface area contributed by atoms with Crippen molar-refractivity contribution in [2.24, 2.45) is 0 Å². The summed E-state index contributed by atoms with van der Waals surface area (Å²) in [7, 11) is 0. The molecule has 27 heavy (non-hydrogen) atoms. The van der Waals surface area contributed by atoms with Crippen LogP contribution in [0.4, 0.5) is 0 Å². The fraction of sp³-hybridized carbons (Fsp3) is 0.381. The van der Waals surface area contributed by atoms with Gasteiger partial charge in [0.2, 0.25) is 0 Å². The van der Waals surface area contributed by atoms with Gasteiger partial charge in [0.05, 0.1) is 13.2 Å². The smallest absolute Gasteiger partial charge is 0.333 e. The van der Waals surface area contributed by atoms with Gasteiger partial charge in [-0.25, -0.2) is 14.8 Å². The van der Waals surface area contributed by atoms with Gasteiger partial charge in [-0.05, 0) is 57.5 Å². The predicted molar refractivity (Wildman–Crippen MR) is 104 cm³/mol. The molecule has 0 aliphatic heterocycles. The number of hydrogen-bond acceptors (Lipinski definition) is 5. The molecule has 0 N–H and O–H groups in total. The number of fused-ring (bicyclic) bond motifs is 1. The van der Waals surface area contributed by atoms with Gasteiger partial charge in [-0.15, -0.1) is 0 Å². The summed E-state index contributed by atoms with van der Waals surface area (Å²) in [5.41, 5.74) is 4.41. The molecule has 0 radical (unpaired) electrons. The van der Waals surface area contributed by atoms with Crippen molar-refractivity contribution in [1.82, 2.24) is 14.5 Å². The van der Waals surface area contributed by atoms with E-state index in [0.717, 1.165) is 40.4 Å². The number of hydrogen-bond donors (Lipinski definition) is 0. The van der Waals surface area contributed by atoms with Gasteiger partial charge in [-0.3, -0.25) is 0 Å². The van der Waals surface area contributed by atoms with E-state index in [2.05, 4.69) is 23.4 Å². The first-order valence-corrected chi connectivity index (χ1v) is 9.20. The Morgan fingerprint density at radius 3 is 2.74 bits per heavy atom. The van der Waals surface area contributed by atoms with Crippen LogP contribution < -0.4 is 0 Å². The number of aryl methyl sites for hydroxylation is 3. The summed E-state index contributed by atoms with van der Waals surface area (Å²) in [4.78, 5) is 21.2. The molecule has 0 amide bonds. The Bertz CT molecular complexity index is 1010. The lowest BCUT2D eigenvalue weighted by molar-refractivity contribution is -0.138. The standard InChI is InChI=1S/C21H25N3O3/c1-6-18-23-19-13(3)10-15(5)22-20(19)24(18)12-17-9-8-16(27-17)11-14(4)21(25)26-7-2/h8-11H,6-7,12H2,1-5H3/b14-11-. The number of rotatable bonds is 6. The van der Waals surface area contributed by atoms with Crippen LogP contribution >= 0.6 is 0 Å². The Morgan fingerprint density at radius 1 is 1.26 bits per heavy atom. The maximum atomic E-state index is 11.8. The van der Waals surface area contributed by atoms with E-state index < -0.39 is 0 Å². The summed E-state index contributed by atoms with van der Waals surface area (Å²) in [5.74, 6) is 2.05. The number of pyridine rings is 1. The second-order valence-electron chi connectivity index (χ2n) is 6.57. The van der Waals surface area contributed by atoms with Crippen molar-refractivity contribution >= 4 is 23.2 Å². The topological polar surface area (TPSA) is 70.2 Å². The number of imidazole rings is 1. The van der Waals surface area contributed by atoms with Crippen LogP contribution in [0.5, 0.6) is 0 Å². The SMILES string of the molecule is CCOC(=O)/C(C)=C\c1ccc(Cn2c(CC)nc3c(C)cc(C)nc32)o1. The first-order chi connectivity index (χ1) is 12.9. The van der Waals surface area contributed by atoms with Gasteiger partial charge in [-0.2, -0.15) is 0 Å². The second-order valence-corrected chi connectivity index (χ2v) is 6.57. The minimum Gasteiger partial charge on any atom is -0.463 e. The molecule has 0 aromatic carbocycles. The van der Waals surface area contributed by atoms with Crippen LogP contribution in [0.2, 0.25) is 0 Å². The number of aromatic nitrogens is 3. The van der Waals surface area contributed by atoms with Crippen molar-refractivity contribution < 1.29 is 13.9 Å². The van der Waals surface area contributed by atoms with Crippen LogP contribution in [0, 0.1) is 13.8 Å². The Kier molecular flexibility index (Phi) is 5.44. The minimum absolute atomic E-state index is 0.334. The maximum absolute atomic E-state index is 11.8. The van der Waals surface area contributed by atoms with Crippen molar-refractivity contribution in [2.75, 3.05) is 6.61 Å². The first kappa shape index (κ1) is 18.9. The zero-order valence-corrected chi connectivity index (χ0v) is 16.5. The maximum Gasteiger partial charge on any atom is 0.333 e. The molecule has 0 bridgehead atoms. The lowest BCUT2D eigenvalue weighted by atomic mass is 10.2. The molecule has 0 atom stereocenters. The van der Waals surface area contributed by atoms with E-state index in [1.54, 1.807) is 19.9 Å². The molecule has 0 saturated heterocycles. The average molecular weight is 367 g/mol. The molecule has 0 aliphatic rings. The lowest BCUT2D eigenvalue weighted by Crippen LogP contribution is -2.05. The Hall–Kier alpha value is -2.89. The average Bonchev–Trinajstić information content (AvgIpc) is 3.20. The van der Waals surface area contributed by atoms with E-state index in [4.69, 9.17) is 14.1 Å². The van der Waals surface area contributed by atoms with Gasteiger partial charge in [-0.1, -0.05) is 6.92 Å². The Labute approximate surface area is 158 Å². The third-order valence-corrected chi connectivity index (χ3v) is 4.37. The van der Waals surface area contributed by atoms with E-state index in [1.807, 2.05) is 25.1 Å². The molecular weight excluding hydrogens is 342 g/mol. The van der Waals surface area contributed by atoms with Crippen molar-refractivity contribution in [3.8, 4) is 0 Å². The van der Waals surface area contributed by atoms with Crippen LogP contribution in [0.3, 0.4) is 0 Å². The van der Waals surface area contributed by atoms with E-state index in [-0.39, 0.29) is 5.97 Å². The molecule has 0 aliphatic carbocycles. The third-order valence-electron chi connectivity index (χ3n) is 4.37. The molecule has 3 aromatic heterocycles. The zero-order chi connectivity index (χ0) is 19.6. The summed E-state index contributed by atoms with van der Waals surface area (Å²) < 4.78 is 13.0. The summed E-state index contributed by atoms with van der Waals surface area (Å²) in [6.07, 6.45) is 2.51. The number of carbonyl (C=O) groups excluding carboxylic acids is 1. The van der Waals surface area contributed by atoms with E-state index in [9.17, 15) is 4.79 Å². The number of nitrogens with zero attached hydrogens (tertiary/aromatic N) is 3. The molecule has 6 nitrogen and oxygen atoms in total. The zero-order valence-electron chi connectivity index (χ0n) is 16.5. The van der Waals surface area contributed by atoms with Crippen molar-refractivity contribution in [2.45, 2.75) is 47.6 Å². The number of carbonyl (C=O) groups is 1. The number of ether oxygens (including phenoxy) is 1. The van der Waals surface area contributed by atoms with Gasteiger partial charge in [0.25, 0.3) is 0 Å². The molecule has 6 heteroatoms. The Morgan fingerprint density at radius 2 is 2.04 bits per heavy atom. The van der Waals surface area contributed by atoms with Crippen LogP contribution in [-0.2, 0) is 22.5 Å². The number of furan rings is 1. The van der Waals surface area contributed by atoms with E-state index >= 15 is 0 Å². The lowest BCUT2D eigenvalue weighted by Gasteiger charge is -2.06. The normalized spacial score (nSPS) is 12.0. The highest BCUT2D eigenvalue weighted by molar-refractivity contribution is 5.92. The van der Waals surface area contributed by atoms with Gasteiger partial charge in [0.15, 0.2) is 5.65 Å². The summed E-state index contributed by atoms with van der Waals surface area (Å²) >= 11 is 0. The van der Waals surface area contributed by atoms with Crippen LogP contribution in [-0.4, -0.2) is 27.1 Å². The molecule has 3 rings (SSSR count). The van der Waals surface area contributed by atoms with Crippen molar-refractivity contribution in [3.05, 3.63) is 52.4 Å². The van der Waals surface area contributed by atoms with Crippen molar-refractivity contribution in [1.29, 1.82) is 0 Å². The monoisotopic (exact) mass is 367 g/mol. The Balaban J connectivity index is 1.92. The third kappa shape index (κ3) is 3.94. The summed E-state index contributed by atoms with van der Waals surface area (Å²) in [6.45, 7) is 10.5. The number of esters is 1. The molecule has 3 aromatic rings. The van der Waals surface area contributed by atoms with Crippen LogP contribution in [0.15, 0.2) is 28.2 Å². The highest BCUT2D eigenvalue weighted by Gasteiger charge is 2.15. The van der Waals surface area contributed by atoms with Gasteiger partial charge in [0, 0.05) is 17.7 Å². The van der Waals surface area contributed by atoms with Crippen molar-refractivity contribution in [3.63, 3.8) is 0 Å². The minimum atomic E-state index is -0.334. The van der Waals surface area contributed by atoms with Crippen LogP contribution in [0.25, 0.3) is 17.2 Å². The predicted octanol–water partition coefficient (Wildman–Crippen LogP) is 4.22. The quantitative estimate of drug-likeness (QED) is 0.482. The first-order valence-electron chi connectivity index (χ1n) is 9.20. The second kappa shape index (κ2) is 7.78. The fourth-order valence-electron chi connectivity index (χ4n) is 3.11. The summed E-state index contributed by atoms with van der Waals surface area (Å²) in [5, 5.41) is 0. The van der Waals surface area contributed by atoms with Gasteiger partial charge in [0.1, 0.15) is 22.9 Å². The van der Waals surface area contributed by atoms with E-state index in [0.29, 0.717) is 24.5 Å². The van der Waals surface area contributed by atoms with Gasteiger partial charge < -0.3 is 13.7 Å². The molecule has 3 heterocycles. The highest BCUT2D eigenvalue weighted by atomic mass is 16.5. The highest BCUT2D eigenvalue weighted by Crippen LogP contribution is 2.22. The molecule has 0 spiro atoms. The van der Waals surface area contributed by atoms with E-state index in [1.165, 1.54) is 0 Å². The molecular formula is C21H25N3O3. The molecule has 0 saturated carbocycles. The molecule has 0 unspecified atom stereocenters. The largest absolute Gasteiger partial charge is 0.463 e. The fourth-order valence-corrected chi connectivity index (χ4v) is 3.11. The molecule has 142 valence electrons. The summed E-state index contributed by atoms with van der Waals surface area (Å²) in [6, 6.07) is 5.82. The molecule has 0 fully saturated rings. The van der Waals surface area contributed by atoms with Gasteiger partial charge >= 0.3 is 5.97 Å². The van der Waals surface area contributed by atoms with Crippen LogP contribution in [0.1, 0.15) is 49.4 Å².